The minimum absolute atomic E-state index is 0.0896. The molecule has 28 heavy (non-hydrogen) atoms. The Labute approximate surface area is 176 Å². The van der Waals surface area contributed by atoms with Gasteiger partial charge in [0.25, 0.3) is 10.0 Å². The van der Waals surface area contributed by atoms with Gasteiger partial charge in [0.1, 0.15) is 18.1 Å². The maximum atomic E-state index is 12.6. The second kappa shape index (κ2) is 8.81. The van der Waals surface area contributed by atoms with E-state index in [1.165, 1.54) is 25.3 Å². The predicted octanol–water partition coefficient (Wildman–Crippen LogP) is 4.89. The molecule has 1 aromatic heterocycles. The molecule has 0 saturated heterocycles. The van der Waals surface area contributed by atoms with Gasteiger partial charge in [-0.2, -0.15) is 0 Å². The molecule has 0 bridgehead atoms. The second-order valence-corrected chi connectivity index (χ2v) is 8.60. The Morgan fingerprint density at radius 1 is 1.11 bits per heavy atom. The fourth-order valence-corrected chi connectivity index (χ4v) is 4.35. The van der Waals surface area contributed by atoms with E-state index in [1.807, 2.05) is 18.2 Å². The summed E-state index contributed by atoms with van der Waals surface area (Å²) in [5, 5.41) is 0.284. The summed E-state index contributed by atoms with van der Waals surface area (Å²) in [5.41, 5.74) is 1.08. The molecule has 0 spiro atoms. The molecule has 0 atom stereocenters. The van der Waals surface area contributed by atoms with Crippen molar-refractivity contribution < 1.29 is 17.9 Å². The number of anilines is 1. The molecule has 0 fully saturated rings. The van der Waals surface area contributed by atoms with Gasteiger partial charge in [-0.25, -0.2) is 8.42 Å². The lowest BCUT2D eigenvalue weighted by molar-refractivity contribution is 0.301. The van der Waals surface area contributed by atoms with Crippen LogP contribution in [0.2, 0.25) is 5.02 Å². The first-order valence-corrected chi connectivity index (χ1v) is 10.7. The smallest absolute Gasteiger partial charge is 0.261 e. The topological polar surface area (TPSA) is 77.5 Å². The lowest BCUT2D eigenvalue weighted by Crippen LogP contribution is -2.13. The standard InChI is InChI=1S/C19H16BrClN2O4S/c1-26-18-8-6-15(11-16(18)20)28(24,25)23-13-5-7-19(17(21)10-13)27-12-14-4-2-3-9-22-14/h2-11,23H,12H2,1H3. The number of halogens is 2. The van der Waals surface area contributed by atoms with Crippen molar-refractivity contribution >= 4 is 43.2 Å². The van der Waals surface area contributed by atoms with Crippen LogP contribution in [0.15, 0.2) is 70.2 Å². The molecule has 0 aliphatic carbocycles. The van der Waals surface area contributed by atoms with E-state index in [9.17, 15) is 8.42 Å². The molecule has 0 aliphatic heterocycles. The summed E-state index contributed by atoms with van der Waals surface area (Å²) in [4.78, 5) is 4.26. The molecule has 1 N–H and O–H groups in total. The third kappa shape index (κ3) is 4.95. The molecule has 2 aromatic carbocycles. The summed E-state index contributed by atoms with van der Waals surface area (Å²) >= 11 is 9.51. The van der Waals surface area contributed by atoms with Crippen LogP contribution in [0.3, 0.4) is 0 Å². The minimum Gasteiger partial charge on any atom is -0.496 e. The number of methoxy groups -OCH3 is 1. The number of nitrogens with one attached hydrogen (secondary N) is 1. The fourth-order valence-electron chi connectivity index (χ4n) is 2.34. The van der Waals surface area contributed by atoms with E-state index in [1.54, 1.807) is 24.4 Å². The molecule has 9 heteroatoms. The minimum atomic E-state index is -3.79. The van der Waals surface area contributed by atoms with Gasteiger partial charge in [0.2, 0.25) is 0 Å². The summed E-state index contributed by atoms with van der Waals surface area (Å²) in [6, 6.07) is 14.7. The fraction of sp³-hybridized carbons (Fsp3) is 0.105. The van der Waals surface area contributed by atoms with Crippen molar-refractivity contribution in [2.75, 3.05) is 11.8 Å². The summed E-state index contributed by atoms with van der Waals surface area (Å²) in [6.07, 6.45) is 1.68. The van der Waals surface area contributed by atoms with Gasteiger partial charge in [0.15, 0.2) is 0 Å². The normalized spacial score (nSPS) is 11.1. The van der Waals surface area contributed by atoms with Crippen LogP contribution in [0.25, 0.3) is 0 Å². The van der Waals surface area contributed by atoms with Gasteiger partial charge in [0, 0.05) is 6.20 Å². The second-order valence-electron chi connectivity index (χ2n) is 5.66. The van der Waals surface area contributed by atoms with Gasteiger partial charge in [-0.05, 0) is 64.5 Å². The number of hydrogen-bond acceptors (Lipinski definition) is 5. The van der Waals surface area contributed by atoms with Crippen molar-refractivity contribution in [2.24, 2.45) is 0 Å². The van der Waals surface area contributed by atoms with E-state index in [2.05, 4.69) is 25.6 Å². The van der Waals surface area contributed by atoms with E-state index >= 15 is 0 Å². The predicted molar refractivity (Wildman–Crippen MR) is 112 cm³/mol. The van der Waals surface area contributed by atoms with Crippen molar-refractivity contribution in [1.82, 2.24) is 4.98 Å². The van der Waals surface area contributed by atoms with Crippen molar-refractivity contribution in [1.29, 1.82) is 0 Å². The molecule has 3 aromatic rings. The van der Waals surface area contributed by atoms with E-state index in [-0.39, 0.29) is 16.5 Å². The number of nitrogens with zero attached hydrogens (tertiary/aromatic N) is 1. The monoisotopic (exact) mass is 482 g/mol. The first-order chi connectivity index (χ1) is 13.4. The molecule has 0 radical (unpaired) electrons. The van der Waals surface area contributed by atoms with Gasteiger partial charge in [-0.3, -0.25) is 9.71 Å². The molecule has 146 valence electrons. The highest BCUT2D eigenvalue weighted by Gasteiger charge is 2.17. The number of sulfonamides is 1. The average molecular weight is 484 g/mol. The lowest BCUT2D eigenvalue weighted by Gasteiger charge is -2.12. The molecule has 1 heterocycles. The number of pyridine rings is 1. The van der Waals surface area contributed by atoms with E-state index in [0.717, 1.165) is 5.69 Å². The van der Waals surface area contributed by atoms with Crippen LogP contribution in [-0.2, 0) is 16.6 Å². The number of ether oxygens (including phenoxy) is 2. The summed E-state index contributed by atoms with van der Waals surface area (Å²) in [7, 11) is -2.28. The zero-order valence-electron chi connectivity index (χ0n) is 14.7. The molecular formula is C19H16BrClN2O4S. The zero-order chi connectivity index (χ0) is 20.1. The van der Waals surface area contributed by atoms with E-state index in [4.69, 9.17) is 21.1 Å². The molecule has 3 rings (SSSR count). The lowest BCUT2D eigenvalue weighted by atomic mass is 10.3. The Hall–Kier alpha value is -2.29. The van der Waals surface area contributed by atoms with Gasteiger partial charge in [-0.1, -0.05) is 17.7 Å². The highest BCUT2D eigenvalue weighted by atomic mass is 79.9. The Balaban J connectivity index is 1.73. The van der Waals surface area contributed by atoms with Crippen LogP contribution in [-0.4, -0.2) is 20.5 Å². The van der Waals surface area contributed by atoms with Gasteiger partial charge >= 0.3 is 0 Å². The first-order valence-electron chi connectivity index (χ1n) is 8.07. The molecule has 0 amide bonds. The van der Waals surface area contributed by atoms with Crippen molar-refractivity contribution in [2.45, 2.75) is 11.5 Å². The van der Waals surface area contributed by atoms with Gasteiger partial charge in [-0.15, -0.1) is 0 Å². The Bertz CT molecular complexity index is 1080. The average Bonchev–Trinajstić information content (AvgIpc) is 2.68. The van der Waals surface area contributed by atoms with Crippen LogP contribution in [0, 0.1) is 0 Å². The number of benzene rings is 2. The Morgan fingerprint density at radius 2 is 1.89 bits per heavy atom. The van der Waals surface area contributed by atoms with Crippen LogP contribution < -0.4 is 14.2 Å². The first kappa shape index (κ1) is 20.4. The third-order valence-electron chi connectivity index (χ3n) is 3.72. The maximum Gasteiger partial charge on any atom is 0.261 e. The van der Waals surface area contributed by atoms with E-state index in [0.29, 0.717) is 21.7 Å². The highest BCUT2D eigenvalue weighted by Crippen LogP contribution is 2.31. The van der Waals surface area contributed by atoms with Crippen LogP contribution >= 0.6 is 27.5 Å². The Kier molecular flexibility index (Phi) is 6.43. The van der Waals surface area contributed by atoms with Crippen LogP contribution in [0.4, 0.5) is 5.69 Å². The number of rotatable bonds is 7. The molecule has 0 aliphatic rings. The quantitative estimate of drug-likeness (QED) is 0.518. The van der Waals surface area contributed by atoms with Crippen LogP contribution in [0.5, 0.6) is 11.5 Å². The SMILES string of the molecule is COc1ccc(S(=O)(=O)Nc2ccc(OCc3ccccn3)c(Cl)c2)cc1Br. The molecule has 6 nitrogen and oxygen atoms in total. The largest absolute Gasteiger partial charge is 0.496 e. The number of aromatic nitrogens is 1. The maximum absolute atomic E-state index is 12.6. The highest BCUT2D eigenvalue weighted by molar-refractivity contribution is 9.10. The van der Waals surface area contributed by atoms with Gasteiger partial charge < -0.3 is 9.47 Å². The van der Waals surface area contributed by atoms with Crippen molar-refractivity contribution in [3.8, 4) is 11.5 Å². The van der Waals surface area contributed by atoms with E-state index < -0.39 is 10.0 Å². The van der Waals surface area contributed by atoms with Gasteiger partial charge in [0.05, 0.1) is 32.9 Å². The summed E-state index contributed by atoms with van der Waals surface area (Å²) in [5.74, 6) is 0.971. The molecule has 0 unspecified atom stereocenters. The van der Waals surface area contributed by atoms with Crippen molar-refractivity contribution in [3.63, 3.8) is 0 Å². The zero-order valence-corrected chi connectivity index (χ0v) is 17.9. The summed E-state index contributed by atoms with van der Waals surface area (Å²) < 4.78 is 39.0. The summed E-state index contributed by atoms with van der Waals surface area (Å²) in [6.45, 7) is 0.255. The van der Waals surface area contributed by atoms with Crippen molar-refractivity contribution in [3.05, 3.63) is 76.0 Å². The van der Waals surface area contributed by atoms with Crippen LogP contribution in [0.1, 0.15) is 5.69 Å². The Morgan fingerprint density at radius 3 is 2.54 bits per heavy atom. The molecule has 0 saturated carbocycles. The number of hydrogen-bond donors (Lipinski definition) is 1. The third-order valence-corrected chi connectivity index (χ3v) is 6.01. The molecular weight excluding hydrogens is 468 g/mol.